The minimum absolute atomic E-state index is 0.407. The highest BCUT2D eigenvalue weighted by Crippen LogP contribution is 2.54. The third kappa shape index (κ3) is 1.35. The van der Waals surface area contributed by atoms with Gasteiger partial charge in [-0.15, -0.1) is 0 Å². The minimum atomic E-state index is 0.407. The summed E-state index contributed by atoms with van der Waals surface area (Å²) in [5.74, 6) is 3.48. The molecule has 1 heterocycles. The van der Waals surface area contributed by atoms with Gasteiger partial charge < -0.3 is 4.90 Å². The Labute approximate surface area is 85.7 Å². The number of nitrogens with zero attached hydrogens (tertiary/aromatic N) is 1. The fraction of sp³-hybridized carbons (Fsp3) is 0.917. The van der Waals surface area contributed by atoms with E-state index in [1.807, 2.05) is 0 Å². The normalized spacial score (nSPS) is 45.4. The van der Waals surface area contributed by atoms with E-state index in [1.165, 1.54) is 25.7 Å². The Morgan fingerprint density at radius 2 is 1.93 bits per heavy atom. The Morgan fingerprint density at radius 1 is 1.21 bits per heavy atom. The largest absolute Gasteiger partial charge is 0.342 e. The summed E-state index contributed by atoms with van der Waals surface area (Å²) in [5, 5.41) is 0. The lowest BCUT2D eigenvalue weighted by molar-refractivity contribution is -0.134. The Morgan fingerprint density at radius 3 is 2.50 bits per heavy atom. The molecule has 0 aromatic heterocycles. The molecular weight excluding hydrogens is 174 g/mol. The van der Waals surface area contributed by atoms with Crippen molar-refractivity contribution in [3.8, 4) is 0 Å². The second-order valence-electron chi connectivity index (χ2n) is 5.60. The van der Waals surface area contributed by atoms with Gasteiger partial charge in [0.1, 0.15) is 0 Å². The zero-order valence-electron chi connectivity index (χ0n) is 8.91. The van der Waals surface area contributed by atoms with Gasteiger partial charge in [0.2, 0.25) is 5.91 Å². The predicted molar refractivity (Wildman–Crippen MR) is 54.7 cm³/mol. The molecule has 0 radical (unpaired) electrons. The van der Waals surface area contributed by atoms with Crippen molar-refractivity contribution in [1.82, 2.24) is 4.90 Å². The van der Waals surface area contributed by atoms with Crippen LogP contribution in [0.25, 0.3) is 0 Å². The summed E-state index contributed by atoms with van der Waals surface area (Å²) < 4.78 is 0. The van der Waals surface area contributed by atoms with Crippen molar-refractivity contribution < 1.29 is 4.79 Å². The van der Waals surface area contributed by atoms with Crippen molar-refractivity contribution in [2.24, 2.45) is 23.7 Å². The van der Waals surface area contributed by atoms with Crippen molar-refractivity contribution in [3.05, 3.63) is 0 Å². The van der Waals surface area contributed by atoms with Gasteiger partial charge in [-0.1, -0.05) is 6.92 Å². The highest BCUT2D eigenvalue weighted by atomic mass is 16.2. The molecule has 2 saturated carbocycles. The summed E-state index contributed by atoms with van der Waals surface area (Å²) in [5.41, 5.74) is 0. The second-order valence-corrected chi connectivity index (χ2v) is 5.60. The van der Waals surface area contributed by atoms with Crippen molar-refractivity contribution in [1.29, 1.82) is 0 Å². The fourth-order valence-electron chi connectivity index (χ4n) is 3.31. The summed E-state index contributed by atoms with van der Waals surface area (Å²) in [6.07, 6.45) is 5.04. The lowest BCUT2D eigenvalue weighted by Crippen LogP contribution is -2.33. The minimum Gasteiger partial charge on any atom is -0.342 e. The molecule has 3 atom stereocenters. The molecule has 1 aliphatic heterocycles. The van der Waals surface area contributed by atoms with Crippen molar-refractivity contribution >= 4 is 5.91 Å². The maximum absolute atomic E-state index is 12.1. The molecule has 78 valence electrons. The van der Waals surface area contributed by atoms with Gasteiger partial charge in [-0.25, -0.2) is 0 Å². The van der Waals surface area contributed by atoms with E-state index in [9.17, 15) is 4.79 Å². The van der Waals surface area contributed by atoms with Crippen molar-refractivity contribution in [2.45, 2.75) is 32.6 Å². The average Bonchev–Trinajstić information content (AvgIpc) is 2.64. The van der Waals surface area contributed by atoms with E-state index in [0.29, 0.717) is 11.8 Å². The lowest BCUT2D eigenvalue weighted by atomic mass is 10.0. The second kappa shape index (κ2) is 2.98. The molecule has 2 nitrogen and oxygen atoms in total. The van der Waals surface area contributed by atoms with Crippen LogP contribution in [0.5, 0.6) is 0 Å². The molecule has 0 aromatic carbocycles. The van der Waals surface area contributed by atoms with Crippen LogP contribution >= 0.6 is 0 Å². The molecule has 3 unspecified atom stereocenters. The highest BCUT2D eigenvalue weighted by molar-refractivity contribution is 5.79. The van der Waals surface area contributed by atoms with Crippen LogP contribution in [0.1, 0.15) is 32.6 Å². The van der Waals surface area contributed by atoms with Gasteiger partial charge >= 0.3 is 0 Å². The molecular formula is C12H19NO. The van der Waals surface area contributed by atoms with Crippen LogP contribution in [0.2, 0.25) is 0 Å². The van der Waals surface area contributed by atoms with Crippen LogP contribution < -0.4 is 0 Å². The van der Waals surface area contributed by atoms with Crippen LogP contribution in [0.3, 0.4) is 0 Å². The molecule has 3 aliphatic rings. The standard InChI is InChI=1S/C12H19NO/c1-8-2-3-13(7-8)12(14)11-5-9-4-10(9)6-11/h8-11H,2-7H2,1H3. The Bertz CT molecular complexity index is 244. The number of carbonyl (C=O) groups is 1. The first-order valence-corrected chi connectivity index (χ1v) is 6.03. The third-order valence-corrected chi connectivity index (χ3v) is 4.33. The van der Waals surface area contributed by atoms with E-state index >= 15 is 0 Å². The van der Waals surface area contributed by atoms with Gasteiger partial charge in [-0.3, -0.25) is 4.79 Å². The fourth-order valence-corrected chi connectivity index (χ4v) is 3.31. The highest BCUT2D eigenvalue weighted by Gasteiger charge is 2.49. The monoisotopic (exact) mass is 193 g/mol. The molecule has 3 fully saturated rings. The maximum atomic E-state index is 12.1. The van der Waals surface area contributed by atoms with Gasteiger partial charge in [0.05, 0.1) is 0 Å². The molecule has 0 aromatic rings. The zero-order chi connectivity index (χ0) is 9.71. The summed E-state index contributed by atoms with van der Waals surface area (Å²) in [6.45, 7) is 4.29. The molecule has 1 saturated heterocycles. The van der Waals surface area contributed by atoms with Crippen molar-refractivity contribution in [2.75, 3.05) is 13.1 Å². The molecule has 14 heavy (non-hydrogen) atoms. The van der Waals surface area contributed by atoms with E-state index in [4.69, 9.17) is 0 Å². The van der Waals surface area contributed by atoms with Crippen LogP contribution in [-0.4, -0.2) is 23.9 Å². The first-order valence-electron chi connectivity index (χ1n) is 6.03. The summed E-state index contributed by atoms with van der Waals surface area (Å²) in [7, 11) is 0. The maximum Gasteiger partial charge on any atom is 0.225 e. The summed E-state index contributed by atoms with van der Waals surface area (Å²) >= 11 is 0. The van der Waals surface area contributed by atoms with E-state index in [0.717, 1.165) is 30.8 Å². The summed E-state index contributed by atoms with van der Waals surface area (Å²) in [6, 6.07) is 0. The van der Waals surface area contributed by atoms with Gasteiger partial charge in [0.25, 0.3) is 0 Å². The Balaban J connectivity index is 1.59. The van der Waals surface area contributed by atoms with Crippen molar-refractivity contribution in [3.63, 3.8) is 0 Å². The topological polar surface area (TPSA) is 20.3 Å². The first kappa shape index (κ1) is 8.75. The lowest BCUT2D eigenvalue weighted by Gasteiger charge is -2.21. The number of hydrogen-bond donors (Lipinski definition) is 0. The number of fused-ring (bicyclic) bond motifs is 1. The molecule has 3 rings (SSSR count). The van der Waals surface area contributed by atoms with Crippen LogP contribution in [0.4, 0.5) is 0 Å². The van der Waals surface area contributed by atoms with E-state index in [1.54, 1.807) is 0 Å². The number of likely N-dealkylation sites (tertiary alicyclic amines) is 1. The van der Waals surface area contributed by atoms with Gasteiger partial charge in [-0.05, 0) is 43.4 Å². The van der Waals surface area contributed by atoms with Crippen LogP contribution in [0, 0.1) is 23.7 Å². The summed E-state index contributed by atoms with van der Waals surface area (Å²) in [4.78, 5) is 14.2. The number of rotatable bonds is 1. The molecule has 1 amide bonds. The van der Waals surface area contributed by atoms with Crippen LogP contribution in [-0.2, 0) is 4.79 Å². The zero-order valence-corrected chi connectivity index (χ0v) is 8.91. The Hall–Kier alpha value is -0.530. The van der Waals surface area contributed by atoms with Gasteiger partial charge in [0.15, 0.2) is 0 Å². The van der Waals surface area contributed by atoms with Gasteiger partial charge in [0, 0.05) is 19.0 Å². The molecule has 0 bridgehead atoms. The molecule has 0 spiro atoms. The number of amides is 1. The SMILES string of the molecule is CC1CCN(C(=O)C2CC3CC3C2)C1. The smallest absolute Gasteiger partial charge is 0.225 e. The van der Waals surface area contributed by atoms with E-state index in [2.05, 4.69) is 11.8 Å². The predicted octanol–water partition coefficient (Wildman–Crippen LogP) is 1.90. The van der Waals surface area contributed by atoms with E-state index in [-0.39, 0.29) is 0 Å². The quantitative estimate of drug-likeness (QED) is 0.623. The Kier molecular flexibility index (Phi) is 1.86. The molecule has 2 aliphatic carbocycles. The average molecular weight is 193 g/mol. The molecule has 2 heteroatoms. The van der Waals surface area contributed by atoms with Gasteiger partial charge in [-0.2, -0.15) is 0 Å². The number of hydrogen-bond acceptors (Lipinski definition) is 1. The van der Waals surface area contributed by atoms with E-state index < -0.39 is 0 Å². The first-order chi connectivity index (χ1) is 6.74. The third-order valence-electron chi connectivity index (χ3n) is 4.33. The molecule has 0 N–H and O–H groups in total. The number of carbonyl (C=O) groups excluding carboxylic acids is 1. The van der Waals surface area contributed by atoms with Crippen LogP contribution in [0.15, 0.2) is 0 Å².